The first-order chi connectivity index (χ1) is 14.0. The average Bonchev–Trinajstić information content (AvgIpc) is 3.03. The van der Waals surface area contributed by atoms with Crippen LogP contribution in [-0.2, 0) is 6.54 Å². The molecule has 4 rings (SSSR count). The van der Waals surface area contributed by atoms with E-state index in [1.165, 1.54) is 16.6 Å². The van der Waals surface area contributed by atoms with Crippen LogP contribution < -0.4 is 10.9 Å². The number of aromatic nitrogens is 3. The van der Waals surface area contributed by atoms with Crippen molar-refractivity contribution in [3.63, 3.8) is 0 Å². The van der Waals surface area contributed by atoms with Gasteiger partial charge < -0.3 is 10.3 Å². The number of aryl methyl sites for hydroxylation is 1. The van der Waals surface area contributed by atoms with Gasteiger partial charge in [0.1, 0.15) is 17.3 Å². The number of halogens is 2. The van der Waals surface area contributed by atoms with Crippen molar-refractivity contribution in [3.05, 3.63) is 87.5 Å². The highest BCUT2D eigenvalue weighted by molar-refractivity contribution is 5.80. The molecule has 0 aliphatic rings. The molecule has 144 valence electrons. The molecule has 2 heterocycles. The summed E-state index contributed by atoms with van der Waals surface area (Å²) in [5.74, 6) is -1.41. The molecule has 0 saturated heterocycles. The van der Waals surface area contributed by atoms with E-state index in [1.807, 2.05) is 6.07 Å². The fraction of sp³-hybridized carbons (Fsp3) is 0.0952. The van der Waals surface area contributed by atoms with E-state index in [4.69, 9.17) is 5.26 Å². The minimum Gasteiger partial charge on any atom is -0.379 e. The van der Waals surface area contributed by atoms with Crippen LogP contribution in [0.25, 0.3) is 16.8 Å². The number of nitrogens with zero attached hydrogens (tertiary/aromatic N) is 3. The van der Waals surface area contributed by atoms with Crippen molar-refractivity contribution in [2.45, 2.75) is 13.5 Å². The molecule has 2 N–H and O–H groups in total. The molecule has 0 amide bonds. The molecular weight excluding hydrogens is 376 g/mol. The molecule has 0 fully saturated rings. The third-order valence-corrected chi connectivity index (χ3v) is 4.54. The summed E-state index contributed by atoms with van der Waals surface area (Å²) in [4.78, 5) is 15.6. The summed E-state index contributed by atoms with van der Waals surface area (Å²) in [7, 11) is 0. The highest BCUT2D eigenvalue weighted by atomic mass is 19.1. The molecular formula is C21H15F2N5O. The number of rotatable bonds is 4. The van der Waals surface area contributed by atoms with Gasteiger partial charge in [0, 0.05) is 29.1 Å². The van der Waals surface area contributed by atoms with E-state index in [0.29, 0.717) is 34.7 Å². The van der Waals surface area contributed by atoms with Crippen molar-refractivity contribution >= 4 is 11.3 Å². The number of fused-ring (bicyclic) bond motifs is 1. The second-order valence-corrected chi connectivity index (χ2v) is 6.52. The van der Waals surface area contributed by atoms with Crippen LogP contribution in [0.15, 0.2) is 53.3 Å². The minimum absolute atomic E-state index is 0.159. The van der Waals surface area contributed by atoms with Crippen molar-refractivity contribution < 1.29 is 8.78 Å². The van der Waals surface area contributed by atoms with Crippen molar-refractivity contribution in [3.8, 4) is 17.2 Å². The number of nitriles is 1. The zero-order chi connectivity index (χ0) is 20.5. The summed E-state index contributed by atoms with van der Waals surface area (Å²) in [6.45, 7) is 1.96. The van der Waals surface area contributed by atoms with Gasteiger partial charge >= 0.3 is 0 Å². The molecule has 0 unspecified atom stereocenters. The van der Waals surface area contributed by atoms with Gasteiger partial charge in [-0.3, -0.25) is 4.79 Å². The second kappa shape index (κ2) is 7.20. The topological polar surface area (TPSA) is 86.0 Å². The number of anilines is 1. The zero-order valence-corrected chi connectivity index (χ0v) is 15.3. The van der Waals surface area contributed by atoms with Crippen LogP contribution in [0.4, 0.5) is 14.5 Å². The van der Waals surface area contributed by atoms with Crippen LogP contribution >= 0.6 is 0 Å². The lowest BCUT2D eigenvalue weighted by Gasteiger charge is -2.08. The maximum atomic E-state index is 14.3. The summed E-state index contributed by atoms with van der Waals surface area (Å²) in [5, 5.41) is 16.2. The average molecular weight is 391 g/mol. The standard InChI is InChI=1S/C21H15F2N5O/c1-12-20(17-7-4-14(22)8-18(17)23)21-26-16(9-19(29)28(21)27-12)11-25-15-5-2-13(10-24)3-6-15/h2-9,25-26H,11H2,1H3. The Bertz CT molecular complexity index is 1320. The number of nitrogens with one attached hydrogen (secondary N) is 2. The predicted molar refractivity (Wildman–Crippen MR) is 104 cm³/mol. The van der Waals surface area contributed by atoms with Crippen LogP contribution in [0, 0.1) is 29.9 Å². The fourth-order valence-corrected chi connectivity index (χ4v) is 3.17. The number of hydrogen-bond acceptors (Lipinski definition) is 4. The van der Waals surface area contributed by atoms with Crippen LogP contribution in [-0.4, -0.2) is 14.6 Å². The molecule has 2 aromatic carbocycles. The van der Waals surface area contributed by atoms with Crippen LogP contribution in [0.5, 0.6) is 0 Å². The molecule has 0 bridgehead atoms. The third-order valence-electron chi connectivity index (χ3n) is 4.54. The molecule has 0 spiro atoms. The Labute approximate surface area is 164 Å². The fourth-order valence-electron chi connectivity index (χ4n) is 3.17. The van der Waals surface area contributed by atoms with Gasteiger partial charge in [0.15, 0.2) is 0 Å². The van der Waals surface area contributed by atoms with Gasteiger partial charge in [-0.05, 0) is 43.3 Å². The van der Waals surface area contributed by atoms with Crippen LogP contribution in [0.2, 0.25) is 0 Å². The van der Waals surface area contributed by atoms with E-state index in [2.05, 4.69) is 15.4 Å². The minimum atomic E-state index is -0.732. The zero-order valence-electron chi connectivity index (χ0n) is 15.3. The van der Waals surface area contributed by atoms with Gasteiger partial charge in [-0.15, -0.1) is 0 Å². The number of aromatic amines is 1. The lowest BCUT2D eigenvalue weighted by Crippen LogP contribution is -2.17. The molecule has 0 radical (unpaired) electrons. The predicted octanol–water partition coefficient (Wildman–Crippen LogP) is 3.76. The van der Waals surface area contributed by atoms with Gasteiger partial charge in [-0.25, -0.2) is 8.78 Å². The highest BCUT2D eigenvalue weighted by Gasteiger charge is 2.18. The van der Waals surface area contributed by atoms with E-state index in [1.54, 1.807) is 31.2 Å². The van der Waals surface area contributed by atoms with Gasteiger partial charge in [0.2, 0.25) is 0 Å². The first-order valence-corrected chi connectivity index (χ1v) is 8.77. The van der Waals surface area contributed by atoms with E-state index < -0.39 is 11.6 Å². The quantitative estimate of drug-likeness (QED) is 0.555. The summed E-state index contributed by atoms with van der Waals surface area (Å²) in [6.07, 6.45) is 0. The molecule has 0 aliphatic carbocycles. The Kier molecular flexibility index (Phi) is 4.56. The molecule has 0 saturated carbocycles. The first-order valence-electron chi connectivity index (χ1n) is 8.77. The molecule has 8 heteroatoms. The highest BCUT2D eigenvalue weighted by Crippen LogP contribution is 2.29. The van der Waals surface area contributed by atoms with Gasteiger partial charge in [0.05, 0.1) is 29.4 Å². The first kappa shape index (κ1) is 18.4. The van der Waals surface area contributed by atoms with Crippen molar-refractivity contribution in [2.75, 3.05) is 5.32 Å². The summed E-state index contributed by atoms with van der Waals surface area (Å²) in [6, 6.07) is 13.6. The molecule has 0 aliphatic heterocycles. The Balaban J connectivity index is 1.73. The Hall–Kier alpha value is -3.99. The van der Waals surface area contributed by atoms with E-state index in [0.717, 1.165) is 17.8 Å². The normalized spacial score (nSPS) is 10.8. The SMILES string of the molecule is Cc1nn2c(=O)cc(CNc3ccc(C#N)cc3)[nH]c2c1-c1ccc(F)cc1F. The lowest BCUT2D eigenvalue weighted by atomic mass is 10.1. The summed E-state index contributed by atoms with van der Waals surface area (Å²) in [5.41, 5.74) is 2.86. The maximum absolute atomic E-state index is 14.3. The number of hydrogen-bond donors (Lipinski definition) is 2. The van der Waals surface area contributed by atoms with E-state index in [9.17, 15) is 13.6 Å². The van der Waals surface area contributed by atoms with E-state index >= 15 is 0 Å². The summed E-state index contributed by atoms with van der Waals surface area (Å²) < 4.78 is 28.8. The smallest absolute Gasteiger partial charge is 0.274 e. The Morgan fingerprint density at radius 3 is 2.62 bits per heavy atom. The largest absolute Gasteiger partial charge is 0.379 e. The number of benzene rings is 2. The third kappa shape index (κ3) is 3.46. The monoisotopic (exact) mass is 391 g/mol. The molecule has 0 atom stereocenters. The summed E-state index contributed by atoms with van der Waals surface area (Å²) >= 11 is 0. The van der Waals surface area contributed by atoms with Crippen molar-refractivity contribution in [1.82, 2.24) is 14.6 Å². The number of H-pyrrole nitrogens is 1. The second-order valence-electron chi connectivity index (χ2n) is 6.52. The molecule has 4 aromatic rings. The molecule has 6 nitrogen and oxygen atoms in total. The van der Waals surface area contributed by atoms with Crippen LogP contribution in [0.1, 0.15) is 17.0 Å². The molecule has 2 aromatic heterocycles. The van der Waals surface area contributed by atoms with Gasteiger partial charge in [-0.1, -0.05) is 0 Å². The maximum Gasteiger partial charge on any atom is 0.274 e. The van der Waals surface area contributed by atoms with E-state index in [-0.39, 0.29) is 11.1 Å². The van der Waals surface area contributed by atoms with Crippen LogP contribution in [0.3, 0.4) is 0 Å². The Morgan fingerprint density at radius 2 is 1.93 bits per heavy atom. The Morgan fingerprint density at radius 1 is 1.17 bits per heavy atom. The van der Waals surface area contributed by atoms with Crippen molar-refractivity contribution in [1.29, 1.82) is 5.26 Å². The van der Waals surface area contributed by atoms with Crippen molar-refractivity contribution in [2.24, 2.45) is 0 Å². The van der Waals surface area contributed by atoms with Gasteiger partial charge in [0.25, 0.3) is 5.56 Å². The lowest BCUT2D eigenvalue weighted by molar-refractivity contribution is 0.585. The molecule has 29 heavy (non-hydrogen) atoms. The van der Waals surface area contributed by atoms with Gasteiger partial charge in [-0.2, -0.15) is 14.9 Å².